The minimum atomic E-state index is -0.169. The average Bonchev–Trinajstić information content (AvgIpc) is 3.40. The lowest BCUT2D eigenvalue weighted by Crippen LogP contribution is -2.26. The van der Waals surface area contributed by atoms with Gasteiger partial charge in [-0.15, -0.1) is 11.3 Å². The van der Waals surface area contributed by atoms with Crippen molar-refractivity contribution in [1.82, 2.24) is 20.2 Å². The lowest BCUT2D eigenvalue weighted by molar-refractivity contribution is 0.0960. The third-order valence-electron chi connectivity index (χ3n) is 4.50. The van der Waals surface area contributed by atoms with Crippen molar-refractivity contribution in [1.29, 1.82) is 0 Å². The number of thiophene rings is 1. The average molecular weight is 431 g/mol. The van der Waals surface area contributed by atoms with Gasteiger partial charge in [-0.2, -0.15) is 0 Å². The predicted molar refractivity (Wildman–Crippen MR) is 118 cm³/mol. The summed E-state index contributed by atoms with van der Waals surface area (Å²) in [5.41, 5.74) is 6.80. The van der Waals surface area contributed by atoms with E-state index in [9.17, 15) is 4.79 Å². The van der Waals surface area contributed by atoms with Gasteiger partial charge < -0.3 is 25.2 Å². The number of aromatic nitrogens is 2. The third-order valence-corrected chi connectivity index (χ3v) is 5.53. The van der Waals surface area contributed by atoms with Crippen LogP contribution in [0.2, 0.25) is 0 Å². The summed E-state index contributed by atoms with van der Waals surface area (Å²) < 4.78 is 5.55. The lowest BCUT2D eigenvalue weighted by atomic mass is 10.1. The number of carbonyl (C=O) groups is 1. The molecule has 0 aliphatic rings. The Balaban J connectivity index is 1.98. The Morgan fingerprint density at radius 3 is 2.80 bits per heavy atom. The highest BCUT2D eigenvalue weighted by atomic mass is 32.1. The Kier molecular flexibility index (Phi) is 7.36. The van der Waals surface area contributed by atoms with E-state index in [0.717, 1.165) is 19.6 Å². The Hall–Kier alpha value is -2.98. The van der Waals surface area contributed by atoms with Gasteiger partial charge in [-0.05, 0) is 38.2 Å². The molecule has 3 rings (SSSR count). The van der Waals surface area contributed by atoms with Crippen LogP contribution in [0.3, 0.4) is 0 Å². The van der Waals surface area contributed by atoms with Crippen molar-refractivity contribution >= 4 is 39.1 Å². The summed E-state index contributed by atoms with van der Waals surface area (Å²) in [6, 6.07) is 5.28. The molecule has 30 heavy (non-hydrogen) atoms. The van der Waals surface area contributed by atoms with Crippen molar-refractivity contribution in [2.45, 2.75) is 20.8 Å². The van der Waals surface area contributed by atoms with E-state index in [1.165, 1.54) is 11.3 Å². The fourth-order valence-electron chi connectivity index (χ4n) is 2.92. The number of rotatable bonds is 10. The second-order valence-electron chi connectivity index (χ2n) is 6.40. The molecular formula is C20H26N6O3S. The number of hydrogen-bond acceptors (Lipinski definition) is 9. The number of likely N-dealkylation sites (N-methyl/N-ethyl adjacent to an activating group) is 1. The number of oxime groups is 1. The second-order valence-corrected chi connectivity index (χ2v) is 7.43. The van der Waals surface area contributed by atoms with E-state index in [1.807, 2.05) is 6.92 Å². The Labute approximate surface area is 178 Å². The first-order valence-electron chi connectivity index (χ1n) is 9.89. The van der Waals surface area contributed by atoms with Gasteiger partial charge in [0.25, 0.3) is 5.91 Å². The number of nitrogens with one attached hydrogen (secondary N) is 1. The van der Waals surface area contributed by atoms with Gasteiger partial charge >= 0.3 is 0 Å². The summed E-state index contributed by atoms with van der Waals surface area (Å²) >= 11 is 1.25. The van der Waals surface area contributed by atoms with E-state index in [2.05, 4.69) is 39.2 Å². The van der Waals surface area contributed by atoms with Crippen molar-refractivity contribution in [2.75, 3.05) is 38.5 Å². The van der Waals surface area contributed by atoms with Gasteiger partial charge in [0.1, 0.15) is 17.1 Å². The van der Waals surface area contributed by atoms with Crippen LogP contribution in [-0.4, -0.2) is 59.3 Å². The molecular weight excluding hydrogens is 404 g/mol. The smallest absolute Gasteiger partial charge is 0.261 e. The normalized spacial score (nSPS) is 11.9. The Morgan fingerprint density at radius 2 is 2.13 bits per heavy atom. The molecule has 3 aromatic heterocycles. The summed E-state index contributed by atoms with van der Waals surface area (Å²) in [7, 11) is 0. The quantitative estimate of drug-likeness (QED) is 0.288. The molecule has 3 N–H and O–H groups in total. The molecule has 3 heterocycles. The fourth-order valence-corrected chi connectivity index (χ4v) is 3.87. The summed E-state index contributed by atoms with van der Waals surface area (Å²) in [6.07, 6.45) is 1.55. The highest BCUT2D eigenvalue weighted by molar-refractivity contribution is 7.20. The first-order valence-corrected chi connectivity index (χ1v) is 10.7. The molecule has 0 saturated heterocycles. The van der Waals surface area contributed by atoms with E-state index in [4.69, 9.17) is 15.0 Å². The number of nitrogens with zero attached hydrogens (tertiary/aromatic N) is 4. The molecule has 0 atom stereocenters. The van der Waals surface area contributed by atoms with E-state index < -0.39 is 0 Å². The zero-order valence-electron chi connectivity index (χ0n) is 17.3. The van der Waals surface area contributed by atoms with Crippen molar-refractivity contribution in [3.8, 4) is 0 Å². The molecule has 0 fully saturated rings. The van der Waals surface area contributed by atoms with Crippen LogP contribution >= 0.6 is 11.3 Å². The van der Waals surface area contributed by atoms with Crippen LogP contribution in [0.4, 0.5) is 5.95 Å². The topological polar surface area (TPSA) is 119 Å². The number of fused-ring (bicyclic) bond motifs is 1. The predicted octanol–water partition coefficient (Wildman–Crippen LogP) is 2.73. The van der Waals surface area contributed by atoms with Gasteiger partial charge in [-0.3, -0.25) is 4.79 Å². The van der Waals surface area contributed by atoms with Crippen LogP contribution in [0.5, 0.6) is 0 Å². The molecule has 0 aromatic carbocycles. The number of nitrogens with two attached hydrogens (primary N) is 1. The molecule has 0 aliphatic carbocycles. The second kappa shape index (κ2) is 10.2. The monoisotopic (exact) mass is 430 g/mol. The molecule has 0 bridgehead atoms. The van der Waals surface area contributed by atoms with Crippen LogP contribution in [0.1, 0.15) is 41.9 Å². The molecule has 10 heteroatoms. The van der Waals surface area contributed by atoms with Crippen molar-refractivity contribution < 1.29 is 14.0 Å². The van der Waals surface area contributed by atoms with E-state index in [0.29, 0.717) is 45.4 Å². The minimum Gasteiger partial charge on any atom is -0.463 e. The van der Waals surface area contributed by atoms with Gasteiger partial charge in [0.15, 0.2) is 11.5 Å². The van der Waals surface area contributed by atoms with E-state index >= 15 is 0 Å². The van der Waals surface area contributed by atoms with E-state index in [-0.39, 0.29) is 11.9 Å². The fraction of sp³-hybridized carbons (Fsp3) is 0.400. The van der Waals surface area contributed by atoms with Crippen LogP contribution in [-0.2, 0) is 4.84 Å². The number of hydrogen-bond donors (Lipinski definition) is 2. The largest absolute Gasteiger partial charge is 0.463 e. The van der Waals surface area contributed by atoms with Gasteiger partial charge in [0.05, 0.1) is 11.1 Å². The zero-order valence-corrected chi connectivity index (χ0v) is 18.2. The highest BCUT2D eigenvalue weighted by Crippen LogP contribution is 2.28. The van der Waals surface area contributed by atoms with Crippen LogP contribution in [0.15, 0.2) is 34.0 Å². The maximum atomic E-state index is 12.3. The minimum absolute atomic E-state index is 0.0872. The van der Waals surface area contributed by atoms with Crippen molar-refractivity contribution in [2.24, 2.45) is 5.16 Å². The summed E-state index contributed by atoms with van der Waals surface area (Å²) in [4.78, 5) is 29.9. The van der Waals surface area contributed by atoms with E-state index in [1.54, 1.807) is 24.5 Å². The summed E-state index contributed by atoms with van der Waals surface area (Å²) in [5.74, 6) is 0.407. The van der Waals surface area contributed by atoms with Gasteiger partial charge in [-0.25, -0.2) is 9.97 Å². The maximum Gasteiger partial charge on any atom is 0.261 e. The standard InChI is InChI=1S/C20H26N6O3S/c1-4-22-18(27)15-12-13-16(23-20(21)24-19(13)30-15)17(14-8-7-10-28-14)25-29-11-9-26(5-2)6-3/h7-8,10,12H,4-6,9,11H2,1-3H3,(H,22,27)(H2,21,23,24). The van der Waals surface area contributed by atoms with Crippen LogP contribution in [0, 0.1) is 0 Å². The maximum absolute atomic E-state index is 12.3. The number of carbonyl (C=O) groups excluding carboxylic acids is 1. The number of nitrogen functional groups attached to an aromatic ring is 1. The van der Waals surface area contributed by atoms with Gasteiger partial charge in [0.2, 0.25) is 5.95 Å². The van der Waals surface area contributed by atoms with Crippen molar-refractivity contribution in [3.05, 3.63) is 40.8 Å². The number of anilines is 1. The molecule has 0 aliphatic heterocycles. The number of furan rings is 1. The van der Waals surface area contributed by atoms with Gasteiger partial charge in [-0.1, -0.05) is 19.0 Å². The summed E-state index contributed by atoms with van der Waals surface area (Å²) in [6.45, 7) is 9.66. The SMILES string of the molecule is CCNC(=O)c1cc2c(C(=NOCCN(CC)CC)c3ccco3)nc(N)nc2s1. The van der Waals surface area contributed by atoms with Crippen LogP contribution < -0.4 is 11.1 Å². The Bertz CT molecular complexity index is 1010. The Morgan fingerprint density at radius 1 is 1.33 bits per heavy atom. The van der Waals surface area contributed by atoms with Gasteiger partial charge in [0, 0.05) is 18.5 Å². The summed E-state index contributed by atoms with van der Waals surface area (Å²) in [5, 5.41) is 7.77. The first kappa shape index (κ1) is 21.7. The molecule has 0 unspecified atom stereocenters. The molecule has 1 amide bonds. The molecule has 9 nitrogen and oxygen atoms in total. The molecule has 0 saturated carbocycles. The molecule has 160 valence electrons. The zero-order chi connectivity index (χ0) is 21.5. The highest BCUT2D eigenvalue weighted by Gasteiger charge is 2.21. The first-order chi connectivity index (χ1) is 14.6. The number of amides is 1. The third kappa shape index (κ3) is 4.95. The van der Waals surface area contributed by atoms with Crippen LogP contribution in [0.25, 0.3) is 10.2 Å². The molecule has 0 radical (unpaired) electrons. The molecule has 3 aromatic rings. The lowest BCUT2D eigenvalue weighted by Gasteiger charge is -2.16. The molecule has 0 spiro atoms. The van der Waals surface area contributed by atoms with Crippen molar-refractivity contribution in [3.63, 3.8) is 0 Å².